The number of nitrogens with zero attached hydrogens (tertiary/aromatic N) is 3. The lowest BCUT2D eigenvalue weighted by atomic mass is 9.85. The zero-order chi connectivity index (χ0) is 15.5. The minimum atomic E-state index is -0.469. The first-order chi connectivity index (χ1) is 10.6. The highest BCUT2D eigenvalue weighted by molar-refractivity contribution is 5.92. The molecule has 23 heavy (non-hydrogen) atoms. The largest absolute Gasteiger partial charge is 0.328 e. The summed E-state index contributed by atoms with van der Waals surface area (Å²) in [4.78, 5) is 16.0. The molecule has 1 aromatic heterocycles. The van der Waals surface area contributed by atoms with E-state index in [0.29, 0.717) is 12.1 Å². The van der Waals surface area contributed by atoms with E-state index in [2.05, 4.69) is 15.4 Å². The van der Waals surface area contributed by atoms with E-state index in [4.69, 9.17) is 5.73 Å². The molecular formula is C15H19ClFN5O. The fourth-order valence-electron chi connectivity index (χ4n) is 2.81. The van der Waals surface area contributed by atoms with Gasteiger partial charge in [-0.15, -0.1) is 12.4 Å². The van der Waals surface area contributed by atoms with Crippen LogP contribution in [-0.4, -0.2) is 26.7 Å². The molecule has 124 valence electrons. The number of benzene rings is 1. The second-order valence-corrected chi connectivity index (χ2v) is 5.62. The maximum atomic E-state index is 14.1. The summed E-state index contributed by atoms with van der Waals surface area (Å²) in [6, 6.07) is 4.58. The van der Waals surface area contributed by atoms with Crippen molar-refractivity contribution in [3.8, 4) is 5.69 Å². The van der Waals surface area contributed by atoms with E-state index in [9.17, 15) is 9.18 Å². The van der Waals surface area contributed by atoms with E-state index in [-0.39, 0.29) is 36.0 Å². The summed E-state index contributed by atoms with van der Waals surface area (Å²) in [5.74, 6) is -0.659. The predicted molar refractivity (Wildman–Crippen MR) is 87.1 cm³/mol. The van der Waals surface area contributed by atoms with Gasteiger partial charge in [-0.3, -0.25) is 4.79 Å². The average Bonchev–Trinajstić information content (AvgIpc) is 3.01. The van der Waals surface area contributed by atoms with E-state index in [1.54, 1.807) is 12.1 Å². The Labute approximate surface area is 139 Å². The van der Waals surface area contributed by atoms with E-state index in [1.807, 2.05) is 0 Å². The SMILES string of the molecule is Cl.NC1CCCC(C(=O)Nc2ccc(-n3cncn3)c(F)c2)C1. The Morgan fingerprint density at radius 1 is 1.39 bits per heavy atom. The smallest absolute Gasteiger partial charge is 0.227 e. The minimum absolute atomic E-state index is 0. The van der Waals surface area contributed by atoms with Crippen molar-refractivity contribution in [3.63, 3.8) is 0 Å². The normalized spacial score (nSPS) is 20.6. The Balaban J connectivity index is 0.00000192. The van der Waals surface area contributed by atoms with Crippen molar-refractivity contribution in [2.24, 2.45) is 11.7 Å². The van der Waals surface area contributed by atoms with Crippen LogP contribution in [0.25, 0.3) is 5.69 Å². The van der Waals surface area contributed by atoms with Crippen molar-refractivity contribution >= 4 is 24.0 Å². The molecule has 0 spiro atoms. The maximum absolute atomic E-state index is 14.1. The number of hydrogen-bond acceptors (Lipinski definition) is 4. The van der Waals surface area contributed by atoms with Crippen LogP contribution in [0.5, 0.6) is 0 Å². The van der Waals surface area contributed by atoms with E-state index in [0.717, 1.165) is 19.3 Å². The van der Waals surface area contributed by atoms with Crippen molar-refractivity contribution in [1.82, 2.24) is 14.8 Å². The monoisotopic (exact) mass is 339 g/mol. The highest BCUT2D eigenvalue weighted by atomic mass is 35.5. The van der Waals surface area contributed by atoms with Gasteiger partial charge in [-0.25, -0.2) is 14.1 Å². The molecule has 1 aliphatic carbocycles. The van der Waals surface area contributed by atoms with Crippen molar-refractivity contribution < 1.29 is 9.18 Å². The van der Waals surface area contributed by atoms with Crippen LogP contribution < -0.4 is 11.1 Å². The standard InChI is InChI=1S/C15H18FN5O.ClH/c16-13-7-12(4-5-14(13)21-9-18-8-19-21)20-15(22)10-2-1-3-11(17)6-10;/h4-5,7-11H,1-3,6,17H2,(H,20,22);1H. The molecule has 1 heterocycles. The zero-order valence-corrected chi connectivity index (χ0v) is 13.3. The molecule has 3 rings (SSSR count). The second kappa shape index (κ2) is 7.52. The number of amides is 1. The van der Waals surface area contributed by atoms with Gasteiger partial charge < -0.3 is 11.1 Å². The van der Waals surface area contributed by atoms with Gasteiger partial charge in [0.25, 0.3) is 0 Å². The second-order valence-electron chi connectivity index (χ2n) is 5.62. The maximum Gasteiger partial charge on any atom is 0.227 e. The Morgan fingerprint density at radius 2 is 2.22 bits per heavy atom. The summed E-state index contributed by atoms with van der Waals surface area (Å²) < 4.78 is 15.4. The molecule has 0 bridgehead atoms. The Hall–Kier alpha value is -1.99. The number of nitrogens with one attached hydrogen (secondary N) is 1. The number of carbonyl (C=O) groups is 1. The Kier molecular flexibility index (Phi) is 5.68. The quantitative estimate of drug-likeness (QED) is 0.898. The molecule has 1 amide bonds. The van der Waals surface area contributed by atoms with Crippen LogP contribution in [0, 0.1) is 11.7 Å². The van der Waals surface area contributed by atoms with E-state index in [1.165, 1.54) is 23.4 Å². The molecule has 6 nitrogen and oxygen atoms in total. The van der Waals surface area contributed by atoms with Crippen LogP contribution in [0.3, 0.4) is 0 Å². The molecule has 2 atom stereocenters. The van der Waals surface area contributed by atoms with Crippen molar-refractivity contribution in [1.29, 1.82) is 0 Å². The highest BCUT2D eigenvalue weighted by Crippen LogP contribution is 2.25. The lowest BCUT2D eigenvalue weighted by Gasteiger charge is -2.25. The van der Waals surface area contributed by atoms with Gasteiger partial charge in [0, 0.05) is 17.6 Å². The number of nitrogens with two attached hydrogens (primary N) is 1. The number of halogens is 2. The fourth-order valence-corrected chi connectivity index (χ4v) is 2.81. The van der Waals surface area contributed by atoms with Gasteiger partial charge in [0.1, 0.15) is 18.3 Å². The molecule has 1 aliphatic rings. The molecule has 8 heteroatoms. The van der Waals surface area contributed by atoms with E-state index < -0.39 is 5.82 Å². The van der Waals surface area contributed by atoms with Crippen molar-refractivity contribution in [2.75, 3.05) is 5.32 Å². The third-order valence-corrected chi connectivity index (χ3v) is 3.97. The summed E-state index contributed by atoms with van der Waals surface area (Å²) >= 11 is 0. The van der Waals surface area contributed by atoms with Gasteiger partial charge in [0.15, 0.2) is 5.82 Å². The summed E-state index contributed by atoms with van der Waals surface area (Å²) in [7, 11) is 0. The summed E-state index contributed by atoms with van der Waals surface area (Å²) in [6.07, 6.45) is 6.19. The molecule has 1 aromatic carbocycles. The third kappa shape index (κ3) is 4.05. The predicted octanol–water partition coefficient (Wildman–Crippen LogP) is 2.28. The number of carbonyl (C=O) groups excluding carboxylic acids is 1. The lowest BCUT2D eigenvalue weighted by molar-refractivity contribution is -0.120. The zero-order valence-electron chi connectivity index (χ0n) is 12.5. The number of anilines is 1. The van der Waals surface area contributed by atoms with Crippen molar-refractivity contribution in [2.45, 2.75) is 31.7 Å². The molecule has 3 N–H and O–H groups in total. The summed E-state index contributed by atoms with van der Waals surface area (Å²) in [5.41, 5.74) is 6.62. The fraction of sp³-hybridized carbons (Fsp3) is 0.400. The van der Waals surface area contributed by atoms with Crippen molar-refractivity contribution in [3.05, 3.63) is 36.7 Å². The van der Waals surface area contributed by atoms with Gasteiger partial charge in [0.2, 0.25) is 5.91 Å². The third-order valence-electron chi connectivity index (χ3n) is 3.97. The molecule has 2 aromatic rings. The molecule has 0 aliphatic heterocycles. The molecular weight excluding hydrogens is 321 g/mol. The molecule has 0 radical (unpaired) electrons. The van der Waals surface area contributed by atoms with Gasteiger partial charge in [-0.1, -0.05) is 6.42 Å². The van der Waals surface area contributed by atoms with Gasteiger partial charge in [0.05, 0.1) is 0 Å². The molecule has 0 saturated heterocycles. The number of rotatable bonds is 3. The molecule has 1 saturated carbocycles. The highest BCUT2D eigenvalue weighted by Gasteiger charge is 2.25. The van der Waals surface area contributed by atoms with Crippen LogP contribution in [0.4, 0.5) is 10.1 Å². The molecule has 2 unspecified atom stereocenters. The van der Waals surface area contributed by atoms with E-state index >= 15 is 0 Å². The topological polar surface area (TPSA) is 85.8 Å². The van der Waals surface area contributed by atoms with Crippen LogP contribution >= 0.6 is 12.4 Å². The minimum Gasteiger partial charge on any atom is -0.328 e. The van der Waals surface area contributed by atoms with Crippen LogP contribution in [0.2, 0.25) is 0 Å². The Bertz CT molecular complexity index is 664. The lowest BCUT2D eigenvalue weighted by Crippen LogP contribution is -2.34. The molecule has 1 fully saturated rings. The first kappa shape index (κ1) is 17.4. The first-order valence-electron chi connectivity index (χ1n) is 7.34. The van der Waals surface area contributed by atoms with Gasteiger partial charge in [-0.05, 0) is 37.5 Å². The van der Waals surface area contributed by atoms with Crippen LogP contribution in [0.1, 0.15) is 25.7 Å². The number of hydrogen-bond donors (Lipinski definition) is 2. The summed E-state index contributed by atoms with van der Waals surface area (Å²) in [5, 5.41) is 6.65. The van der Waals surface area contributed by atoms with Gasteiger partial charge in [-0.2, -0.15) is 5.10 Å². The van der Waals surface area contributed by atoms with Crippen LogP contribution in [0.15, 0.2) is 30.9 Å². The first-order valence-corrected chi connectivity index (χ1v) is 7.34. The number of aromatic nitrogens is 3. The summed E-state index contributed by atoms with van der Waals surface area (Å²) in [6.45, 7) is 0. The Morgan fingerprint density at radius 3 is 2.87 bits per heavy atom. The average molecular weight is 340 g/mol. The van der Waals surface area contributed by atoms with Gasteiger partial charge >= 0.3 is 0 Å². The van der Waals surface area contributed by atoms with Crippen LogP contribution in [-0.2, 0) is 4.79 Å².